The number of hydrogen-bond donors (Lipinski definition) is 1. The van der Waals surface area contributed by atoms with E-state index in [0.29, 0.717) is 6.61 Å². The fraction of sp³-hybridized carbons (Fsp3) is 0.577. The number of benzene rings is 1. The minimum absolute atomic E-state index is 0.0720. The van der Waals surface area contributed by atoms with E-state index in [9.17, 15) is 9.59 Å². The topological polar surface area (TPSA) is 119 Å². The number of aromatic nitrogens is 2. The number of H-pyrrole nitrogens is 1. The molecule has 0 spiro atoms. The third-order valence-corrected chi connectivity index (χ3v) is 7.90. The Balaban J connectivity index is 1.89. The van der Waals surface area contributed by atoms with Gasteiger partial charge in [0.25, 0.3) is 14.1 Å². The number of nitriles is 1. The van der Waals surface area contributed by atoms with Gasteiger partial charge in [0.1, 0.15) is 12.3 Å². The van der Waals surface area contributed by atoms with Gasteiger partial charge in [-0.15, -0.1) is 0 Å². The van der Waals surface area contributed by atoms with Crippen LogP contribution in [0.25, 0.3) is 0 Å². The van der Waals surface area contributed by atoms with Crippen molar-refractivity contribution in [3.05, 3.63) is 68.5 Å². The molecule has 1 N–H and O–H groups in total. The number of ether oxygens (including phenoxy) is 2. The number of rotatable bonds is 13. The lowest BCUT2D eigenvalue weighted by Gasteiger charge is -2.37. The predicted octanol–water partition coefficient (Wildman–Crippen LogP) is 4.01. The highest BCUT2D eigenvalue weighted by Crippen LogP contribution is 2.49. The van der Waals surface area contributed by atoms with Crippen LogP contribution in [-0.2, 0) is 25.1 Å². The van der Waals surface area contributed by atoms with Gasteiger partial charge in [0.2, 0.25) is 0 Å². The number of hydrogen-bond acceptors (Lipinski definition) is 8. The summed E-state index contributed by atoms with van der Waals surface area (Å²) in [6.45, 7) is 6.03. The number of aryl methyl sites for hydroxylation is 1. The Kier molecular flexibility index (Phi) is 9.41. The maximum Gasteiger partial charge on any atom is 0.330 e. The monoisotopic (exact) mass is 535 g/mol. The van der Waals surface area contributed by atoms with Crippen LogP contribution in [0.2, 0.25) is 0 Å². The van der Waals surface area contributed by atoms with Crippen LogP contribution in [0.3, 0.4) is 0 Å². The van der Waals surface area contributed by atoms with Crippen molar-refractivity contribution < 1.29 is 22.6 Å². The van der Waals surface area contributed by atoms with E-state index in [1.807, 2.05) is 58.0 Å². The van der Waals surface area contributed by atoms with Crippen LogP contribution in [0.15, 0.2) is 46.1 Å². The molecule has 37 heavy (non-hydrogen) atoms. The second-order valence-corrected chi connectivity index (χ2v) is 10.7. The normalized spacial score (nSPS) is 22.1. The second kappa shape index (κ2) is 14.0. The molecule has 1 aliphatic heterocycles. The van der Waals surface area contributed by atoms with Crippen LogP contribution >= 0.6 is 8.53 Å². The van der Waals surface area contributed by atoms with E-state index in [-0.39, 0.29) is 38.1 Å². The van der Waals surface area contributed by atoms with Crippen molar-refractivity contribution in [3.63, 3.8) is 0 Å². The second-order valence-electron chi connectivity index (χ2n) is 9.27. The minimum atomic E-state index is -2.71. The van der Waals surface area contributed by atoms with Gasteiger partial charge in [-0.2, -0.15) is 5.26 Å². The molecule has 1 saturated heterocycles. The van der Waals surface area contributed by atoms with E-state index in [1.165, 1.54) is 0 Å². The maximum atomic E-state index is 12.7. The van der Waals surface area contributed by atoms with Crippen molar-refractivity contribution in [1.29, 1.82) is 5.26 Å². The Hall–Kier alpha value is -2.38. The lowest BCUT2D eigenvalue weighted by Crippen LogP contribution is -2.36. The van der Waals surface area contributed by atoms with Gasteiger partial charge in [0.05, 0.1) is 38.4 Å². The average molecular weight is 536 g/mol. The molecule has 4 atom stereocenters. The Morgan fingerprint density at radius 2 is 2.00 bits per heavy atom. The van der Waals surface area contributed by atoms with Crippen molar-refractivity contribution in [2.24, 2.45) is 0 Å². The van der Waals surface area contributed by atoms with Crippen molar-refractivity contribution in [3.8, 4) is 6.07 Å². The van der Waals surface area contributed by atoms with E-state index in [2.05, 4.69) is 15.7 Å². The Labute approximate surface area is 223 Å². The van der Waals surface area contributed by atoms with Crippen LogP contribution in [0.4, 0.5) is 0 Å². The van der Waals surface area contributed by atoms with Crippen molar-refractivity contribution in [1.82, 2.24) is 14.2 Å². The Morgan fingerprint density at radius 1 is 1.27 bits per heavy atom. The summed E-state index contributed by atoms with van der Waals surface area (Å²) in [4.78, 5) is 27.0. The molecule has 2 aromatic rings. The third kappa shape index (κ3) is 8.05. The van der Waals surface area contributed by atoms with Crippen LogP contribution < -0.4 is 11.2 Å². The van der Waals surface area contributed by atoms with Gasteiger partial charge in [0, 0.05) is 34.4 Å². The highest BCUT2D eigenvalue weighted by atomic mass is 31.2. The molecule has 2 heterocycles. The summed E-state index contributed by atoms with van der Waals surface area (Å²) in [7, 11) is -1.63. The highest BCUT2D eigenvalue weighted by molar-refractivity contribution is 7.44. The summed E-state index contributed by atoms with van der Waals surface area (Å²) >= 11 is 0. The molecular weight excluding hydrogens is 495 g/mol. The van der Waals surface area contributed by atoms with Crippen LogP contribution in [-0.4, -0.2) is 51.7 Å². The van der Waals surface area contributed by atoms with Crippen molar-refractivity contribution in [2.75, 3.05) is 13.2 Å². The summed E-state index contributed by atoms with van der Waals surface area (Å²) in [5.74, 6) is 0. The van der Waals surface area contributed by atoms with Crippen LogP contribution in [0.1, 0.15) is 62.0 Å². The summed E-state index contributed by atoms with van der Waals surface area (Å²) in [5.41, 5.74) is -1.29. The van der Waals surface area contributed by atoms with E-state index in [1.54, 1.807) is 0 Å². The zero-order valence-corrected chi connectivity index (χ0v) is 22.5. The average Bonchev–Trinajstić information content (AvgIpc) is 3.25. The first kappa shape index (κ1) is 24.9. The van der Waals surface area contributed by atoms with Gasteiger partial charge >= 0.3 is 5.69 Å². The largest absolute Gasteiger partial charge is 0.374 e. The fourth-order valence-corrected chi connectivity index (χ4v) is 5.87. The summed E-state index contributed by atoms with van der Waals surface area (Å²) in [6.07, 6.45) is -0.730. The molecule has 1 unspecified atom stereocenters. The minimum Gasteiger partial charge on any atom is -0.374 e. The van der Waals surface area contributed by atoms with Gasteiger partial charge in [-0.1, -0.05) is 30.3 Å². The lowest BCUT2D eigenvalue weighted by molar-refractivity contribution is -0.0647. The molecule has 0 bridgehead atoms. The number of aromatic amines is 1. The quantitative estimate of drug-likeness (QED) is 0.302. The molecule has 3 rings (SSSR count). The van der Waals surface area contributed by atoms with Gasteiger partial charge in [-0.05, 0) is 40.1 Å². The first-order chi connectivity index (χ1) is 18.9. The van der Waals surface area contributed by atoms with Gasteiger partial charge in [-0.25, -0.2) is 9.46 Å². The molecule has 0 radical (unpaired) electrons. The molecule has 1 aromatic heterocycles. The summed E-state index contributed by atoms with van der Waals surface area (Å²) in [5, 5.41) is 9.03. The van der Waals surface area contributed by atoms with Crippen molar-refractivity contribution >= 4 is 8.53 Å². The SMILES string of the molecule is [2H]C([2H])([2H])c1cn([C@H]2C[C@@H](OP(OCCC#N)N(C(C)C)C(C)C)[C@@H](COCc3ccccc3)O2)c(=O)[nH]c1=O. The molecular formula is C26H37N4O6P. The molecule has 1 fully saturated rings. The molecule has 202 valence electrons. The zero-order chi connectivity index (χ0) is 29.4. The molecule has 0 aliphatic carbocycles. The molecule has 1 aliphatic rings. The standard InChI is InChI=1S/C26H37N4O6P/c1-18(2)30(19(3)4)37(34-13-9-12-27)36-22-14-24(29-15-20(5)25(31)28-26(29)32)35-23(22)17-33-16-21-10-7-6-8-11-21/h6-8,10-11,15,18-19,22-24H,9,13-14,16-17H2,1-5H3,(H,28,31,32)/t22-,23-,24-,37?/m1/s1/i5D3. The third-order valence-electron chi connectivity index (χ3n) is 5.74. The highest BCUT2D eigenvalue weighted by Gasteiger charge is 2.41. The van der Waals surface area contributed by atoms with Crippen molar-refractivity contribution in [2.45, 2.75) is 84.5 Å². The maximum absolute atomic E-state index is 12.7. The predicted molar refractivity (Wildman–Crippen MR) is 141 cm³/mol. The lowest BCUT2D eigenvalue weighted by atomic mass is 10.2. The number of nitrogens with one attached hydrogen (secondary N) is 1. The first-order valence-corrected chi connectivity index (χ1v) is 13.4. The van der Waals surface area contributed by atoms with Gasteiger partial charge in [-0.3, -0.25) is 14.3 Å². The van der Waals surface area contributed by atoms with E-state index < -0.39 is 50.6 Å². The molecule has 0 saturated carbocycles. The molecule has 11 heteroatoms. The zero-order valence-electron chi connectivity index (χ0n) is 24.6. The Bertz CT molecular complexity index is 1240. The molecule has 1 aromatic carbocycles. The van der Waals surface area contributed by atoms with Crippen LogP contribution in [0.5, 0.6) is 0 Å². The number of nitrogens with zero attached hydrogens (tertiary/aromatic N) is 3. The van der Waals surface area contributed by atoms with E-state index in [4.69, 9.17) is 27.9 Å². The Morgan fingerprint density at radius 3 is 2.65 bits per heavy atom. The molecule has 10 nitrogen and oxygen atoms in total. The smallest absolute Gasteiger partial charge is 0.330 e. The summed E-state index contributed by atoms with van der Waals surface area (Å²) < 4.78 is 50.9. The fourth-order valence-electron chi connectivity index (χ4n) is 4.11. The van der Waals surface area contributed by atoms with Gasteiger partial charge in [0.15, 0.2) is 0 Å². The first-order valence-electron chi connectivity index (χ1n) is 13.8. The van der Waals surface area contributed by atoms with E-state index >= 15 is 0 Å². The van der Waals surface area contributed by atoms with Crippen LogP contribution in [0, 0.1) is 18.2 Å². The van der Waals surface area contributed by atoms with Gasteiger partial charge < -0.3 is 18.5 Å². The molecule has 0 amide bonds. The summed E-state index contributed by atoms with van der Waals surface area (Å²) in [6, 6.07) is 11.8. The van der Waals surface area contributed by atoms with E-state index in [0.717, 1.165) is 16.3 Å².